The van der Waals surface area contributed by atoms with Crippen LogP contribution in [-0.4, -0.2) is 29.6 Å². The average Bonchev–Trinajstić information content (AvgIpc) is 2.98. The standard InChI is InChI=1S/C19H18N4O2S2/c1-11-8-12(2)23-19-15(11)16-17(26-19)18(22-10-21-16)20-9-13-4-6-14(7-5-13)27(3,24)25/h4-8,10H,9H2,1-3H3,(H,20,21,22). The van der Waals surface area contributed by atoms with Crippen molar-refractivity contribution in [2.45, 2.75) is 25.3 Å². The number of hydrogen-bond acceptors (Lipinski definition) is 7. The average molecular weight is 399 g/mol. The summed E-state index contributed by atoms with van der Waals surface area (Å²) in [5.41, 5.74) is 4.02. The molecule has 1 N–H and O–H groups in total. The molecule has 0 amide bonds. The molecule has 0 aliphatic rings. The van der Waals surface area contributed by atoms with Crippen LogP contribution in [0.5, 0.6) is 0 Å². The Hall–Kier alpha value is -2.58. The molecule has 1 aromatic carbocycles. The van der Waals surface area contributed by atoms with Crippen LogP contribution in [0.25, 0.3) is 20.4 Å². The molecule has 0 bridgehead atoms. The largest absolute Gasteiger partial charge is 0.365 e. The molecule has 0 aliphatic carbocycles. The van der Waals surface area contributed by atoms with E-state index in [2.05, 4.69) is 33.3 Å². The second kappa shape index (κ2) is 6.54. The summed E-state index contributed by atoms with van der Waals surface area (Å²) in [7, 11) is -3.18. The van der Waals surface area contributed by atoms with Crippen LogP contribution in [-0.2, 0) is 16.4 Å². The van der Waals surface area contributed by atoms with E-state index in [1.165, 1.54) is 6.26 Å². The van der Waals surface area contributed by atoms with E-state index in [-0.39, 0.29) is 0 Å². The molecule has 138 valence electrons. The maximum Gasteiger partial charge on any atom is 0.175 e. The summed E-state index contributed by atoms with van der Waals surface area (Å²) in [6.07, 6.45) is 2.76. The molecule has 8 heteroatoms. The van der Waals surface area contributed by atoms with Crippen LogP contribution in [0, 0.1) is 13.8 Å². The Bertz CT molecular complexity index is 1260. The van der Waals surface area contributed by atoms with E-state index in [0.29, 0.717) is 11.4 Å². The second-order valence-electron chi connectivity index (χ2n) is 6.53. The van der Waals surface area contributed by atoms with Gasteiger partial charge >= 0.3 is 0 Å². The minimum atomic E-state index is -3.18. The lowest BCUT2D eigenvalue weighted by Gasteiger charge is -2.07. The summed E-state index contributed by atoms with van der Waals surface area (Å²) in [6, 6.07) is 8.92. The summed E-state index contributed by atoms with van der Waals surface area (Å²) in [5.74, 6) is 0.757. The molecule has 0 fully saturated rings. The fourth-order valence-electron chi connectivity index (χ4n) is 3.08. The number of thiophene rings is 1. The van der Waals surface area contributed by atoms with Gasteiger partial charge in [0.2, 0.25) is 0 Å². The molecule has 3 aromatic heterocycles. The van der Waals surface area contributed by atoms with Gasteiger partial charge in [-0.1, -0.05) is 12.1 Å². The summed E-state index contributed by atoms with van der Waals surface area (Å²) in [5, 5.41) is 4.41. The smallest absolute Gasteiger partial charge is 0.175 e. The van der Waals surface area contributed by atoms with Gasteiger partial charge in [0.15, 0.2) is 9.84 Å². The van der Waals surface area contributed by atoms with Crippen molar-refractivity contribution in [1.82, 2.24) is 15.0 Å². The van der Waals surface area contributed by atoms with E-state index < -0.39 is 9.84 Å². The molecule has 0 saturated heterocycles. The molecule has 6 nitrogen and oxygen atoms in total. The van der Waals surface area contributed by atoms with Crippen LogP contribution in [0.4, 0.5) is 5.82 Å². The number of fused-ring (bicyclic) bond motifs is 3. The number of pyridine rings is 1. The highest BCUT2D eigenvalue weighted by Crippen LogP contribution is 2.36. The van der Waals surface area contributed by atoms with Crippen LogP contribution in [0.1, 0.15) is 16.8 Å². The Morgan fingerprint density at radius 1 is 1.11 bits per heavy atom. The van der Waals surface area contributed by atoms with Crippen molar-refractivity contribution in [3.8, 4) is 0 Å². The van der Waals surface area contributed by atoms with Crippen LogP contribution in [0.15, 0.2) is 41.6 Å². The minimum absolute atomic E-state index is 0.317. The van der Waals surface area contributed by atoms with E-state index in [0.717, 1.165) is 43.1 Å². The van der Waals surface area contributed by atoms with Gasteiger partial charge < -0.3 is 5.32 Å². The maximum absolute atomic E-state index is 11.6. The van der Waals surface area contributed by atoms with E-state index >= 15 is 0 Å². The van der Waals surface area contributed by atoms with Crippen molar-refractivity contribution in [3.05, 3.63) is 53.5 Å². The Morgan fingerprint density at radius 3 is 2.56 bits per heavy atom. The third-order valence-corrected chi connectivity index (χ3v) is 6.57. The van der Waals surface area contributed by atoms with E-state index in [1.807, 2.05) is 19.1 Å². The first-order valence-electron chi connectivity index (χ1n) is 8.37. The van der Waals surface area contributed by atoms with Crippen molar-refractivity contribution < 1.29 is 8.42 Å². The Kier molecular flexibility index (Phi) is 4.32. The molecule has 0 aliphatic heterocycles. The lowest BCUT2D eigenvalue weighted by molar-refractivity contribution is 0.602. The van der Waals surface area contributed by atoms with Gasteiger partial charge in [-0.2, -0.15) is 0 Å². The lowest BCUT2D eigenvalue weighted by Crippen LogP contribution is -2.03. The predicted molar refractivity (Wildman–Crippen MR) is 109 cm³/mol. The molecule has 27 heavy (non-hydrogen) atoms. The summed E-state index contributed by atoms with van der Waals surface area (Å²) in [4.78, 5) is 14.8. The maximum atomic E-state index is 11.6. The fraction of sp³-hybridized carbons (Fsp3) is 0.211. The molecule has 0 unspecified atom stereocenters. The molecule has 4 rings (SSSR count). The minimum Gasteiger partial charge on any atom is -0.365 e. The predicted octanol–water partition coefficient (Wildman–Crippen LogP) is 3.87. The lowest BCUT2D eigenvalue weighted by atomic mass is 10.1. The fourth-order valence-corrected chi connectivity index (χ4v) is 4.92. The highest BCUT2D eigenvalue weighted by molar-refractivity contribution is 7.90. The number of aryl methyl sites for hydroxylation is 2. The third-order valence-electron chi connectivity index (χ3n) is 4.36. The molecule has 4 aromatic rings. The van der Waals surface area contributed by atoms with Gasteiger partial charge in [-0.25, -0.2) is 23.4 Å². The molecule has 0 saturated carbocycles. The number of nitrogens with zero attached hydrogens (tertiary/aromatic N) is 3. The summed E-state index contributed by atoms with van der Waals surface area (Å²) < 4.78 is 24.1. The quantitative estimate of drug-likeness (QED) is 0.562. The number of benzene rings is 1. The van der Waals surface area contributed by atoms with Gasteiger partial charge in [0.25, 0.3) is 0 Å². The van der Waals surface area contributed by atoms with Gasteiger partial charge in [0, 0.05) is 23.9 Å². The van der Waals surface area contributed by atoms with Crippen molar-refractivity contribution in [2.75, 3.05) is 11.6 Å². The summed E-state index contributed by atoms with van der Waals surface area (Å²) in [6.45, 7) is 4.60. The van der Waals surface area contributed by atoms with Crippen molar-refractivity contribution in [1.29, 1.82) is 0 Å². The van der Waals surface area contributed by atoms with E-state index in [4.69, 9.17) is 0 Å². The molecular formula is C19H18N4O2S2. The number of hydrogen-bond donors (Lipinski definition) is 1. The number of rotatable bonds is 4. The number of anilines is 1. The highest BCUT2D eigenvalue weighted by atomic mass is 32.2. The molecular weight excluding hydrogens is 380 g/mol. The first kappa shape index (κ1) is 17.8. The van der Waals surface area contributed by atoms with Gasteiger partial charge in [-0.15, -0.1) is 11.3 Å². The Morgan fingerprint density at radius 2 is 1.85 bits per heavy atom. The van der Waals surface area contributed by atoms with Crippen molar-refractivity contribution >= 4 is 47.4 Å². The number of sulfone groups is 1. The molecule has 0 atom stereocenters. The zero-order valence-corrected chi connectivity index (χ0v) is 16.8. The van der Waals surface area contributed by atoms with E-state index in [9.17, 15) is 8.42 Å². The zero-order valence-electron chi connectivity index (χ0n) is 15.1. The van der Waals surface area contributed by atoms with Crippen LogP contribution in [0.3, 0.4) is 0 Å². The number of aromatic nitrogens is 3. The highest BCUT2D eigenvalue weighted by Gasteiger charge is 2.14. The van der Waals surface area contributed by atoms with Crippen LogP contribution < -0.4 is 5.32 Å². The zero-order chi connectivity index (χ0) is 19.2. The molecule has 3 heterocycles. The topological polar surface area (TPSA) is 84.8 Å². The Labute approximate surface area is 161 Å². The normalized spacial score (nSPS) is 12.0. The van der Waals surface area contributed by atoms with Gasteiger partial charge in [-0.05, 0) is 43.2 Å². The second-order valence-corrected chi connectivity index (χ2v) is 9.55. The first-order valence-corrected chi connectivity index (χ1v) is 11.1. The first-order chi connectivity index (χ1) is 12.8. The third kappa shape index (κ3) is 3.38. The molecule has 0 radical (unpaired) electrons. The van der Waals surface area contributed by atoms with Crippen LogP contribution in [0.2, 0.25) is 0 Å². The van der Waals surface area contributed by atoms with Crippen molar-refractivity contribution in [3.63, 3.8) is 0 Å². The Balaban J connectivity index is 1.67. The van der Waals surface area contributed by atoms with Gasteiger partial charge in [-0.3, -0.25) is 0 Å². The molecule has 0 spiro atoms. The summed E-state index contributed by atoms with van der Waals surface area (Å²) >= 11 is 1.58. The SMILES string of the molecule is Cc1cc(C)c2c(n1)sc1c(NCc3ccc(S(C)(=O)=O)cc3)ncnc12. The van der Waals surface area contributed by atoms with E-state index in [1.54, 1.807) is 29.8 Å². The van der Waals surface area contributed by atoms with Gasteiger partial charge in [0.1, 0.15) is 17.0 Å². The van der Waals surface area contributed by atoms with Crippen molar-refractivity contribution in [2.24, 2.45) is 0 Å². The van der Waals surface area contributed by atoms with Crippen LogP contribution >= 0.6 is 11.3 Å². The monoisotopic (exact) mass is 398 g/mol. The number of nitrogens with one attached hydrogen (secondary N) is 1. The van der Waals surface area contributed by atoms with Gasteiger partial charge in [0.05, 0.1) is 15.1 Å².